The van der Waals surface area contributed by atoms with Gasteiger partial charge in [0.05, 0.1) is 12.1 Å². The molecule has 9 heteroatoms. The third-order valence-corrected chi connectivity index (χ3v) is 6.34. The van der Waals surface area contributed by atoms with E-state index in [2.05, 4.69) is 14.7 Å². The van der Waals surface area contributed by atoms with E-state index in [1.807, 2.05) is 4.90 Å². The molecule has 2 aromatic carbocycles. The van der Waals surface area contributed by atoms with Gasteiger partial charge in [0.2, 0.25) is 5.91 Å². The number of anilines is 1. The standard InChI is InChI=1S/C24H28F4N4O/c25-21-5-7-22(8-6-21)31-13-15-32(16-14-31)23(33)18-30-11-9-29(10-12-30)17-19-1-3-20(4-2-19)24(26,27)28/h1-8H,9-18H2. The minimum atomic E-state index is -4.32. The summed E-state index contributed by atoms with van der Waals surface area (Å²) < 4.78 is 51.2. The maximum atomic E-state index is 13.1. The van der Waals surface area contributed by atoms with Crippen LogP contribution in [0.15, 0.2) is 48.5 Å². The van der Waals surface area contributed by atoms with E-state index >= 15 is 0 Å². The molecule has 178 valence electrons. The van der Waals surface area contributed by atoms with Crippen LogP contribution in [0.3, 0.4) is 0 Å². The molecule has 0 radical (unpaired) electrons. The summed E-state index contributed by atoms with van der Waals surface area (Å²) in [4.78, 5) is 21.1. The first kappa shape index (κ1) is 23.5. The fourth-order valence-corrected chi connectivity index (χ4v) is 4.32. The number of alkyl halides is 3. The summed E-state index contributed by atoms with van der Waals surface area (Å²) >= 11 is 0. The Kier molecular flexibility index (Phi) is 7.19. The quantitative estimate of drug-likeness (QED) is 0.636. The molecule has 0 spiro atoms. The van der Waals surface area contributed by atoms with Gasteiger partial charge in [-0.25, -0.2) is 4.39 Å². The monoisotopic (exact) mass is 464 g/mol. The van der Waals surface area contributed by atoms with Crippen molar-refractivity contribution in [3.05, 3.63) is 65.5 Å². The van der Waals surface area contributed by atoms with Crippen molar-refractivity contribution < 1.29 is 22.4 Å². The summed E-state index contributed by atoms with van der Waals surface area (Å²) in [6.45, 7) is 6.75. The molecule has 2 fully saturated rings. The number of carbonyl (C=O) groups is 1. The lowest BCUT2D eigenvalue weighted by atomic mass is 10.1. The van der Waals surface area contributed by atoms with E-state index in [0.717, 1.165) is 62.7 Å². The van der Waals surface area contributed by atoms with Gasteiger partial charge in [-0.2, -0.15) is 13.2 Å². The van der Waals surface area contributed by atoms with Crippen molar-refractivity contribution in [2.24, 2.45) is 0 Å². The van der Waals surface area contributed by atoms with Gasteiger partial charge < -0.3 is 9.80 Å². The van der Waals surface area contributed by atoms with Crippen molar-refractivity contribution in [3.63, 3.8) is 0 Å². The average Bonchev–Trinajstić information content (AvgIpc) is 2.81. The molecule has 2 saturated heterocycles. The van der Waals surface area contributed by atoms with Gasteiger partial charge in [0, 0.05) is 64.6 Å². The highest BCUT2D eigenvalue weighted by Crippen LogP contribution is 2.29. The summed E-state index contributed by atoms with van der Waals surface area (Å²) in [7, 11) is 0. The molecule has 0 N–H and O–H groups in total. The lowest BCUT2D eigenvalue weighted by Gasteiger charge is -2.38. The number of hydrogen-bond acceptors (Lipinski definition) is 4. The van der Waals surface area contributed by atoms with Crippen LogP contribution in [0.5, 0.6) is 0 Å². The number of amides is 1. The Morgan fingerprint density at radius 1 is 0.758 bits per heavy atom. The molecular weight excluding hydrogens is 436 g/mol. The van der Waals surface area contributed by atoms with Crippen LogP contribution < -0.4 is 4.90 Å². The van der Waals surface area contributed by atoms with Crippen molar-refractivity contribution in [3.8, 4) is 0 Å². The lowest BCUT2D eigenvalue weighted by Crippen LogP contribution is -2.53. The van der Waals surface area contributed by atoms with Crippen molar-refractivity contribution in [2.75, 3.05) is 63.8 Å². The zero-order chi connectivity index (χ0) is 23.4. The summed E-state index contributed by atoms with van der Waals surface area (Å²) in [5.74, 6) is -0.142. The molecule has 33 heavy (non-hydrogen) atoms. The minimum absolute atomic E-state index is 0.116. The Labute approximate surface area is 191 Å². The highest BCUT2D eigenvalue weighted by Gasteiger charge is 2.30. The Balaban J connectivity index is 1.18. The largest absolute Gasteiger partial charge is 0.416 e. The van der Waals surface area contributed by atoms with Crippen molar-refractivity contribution in [1.82, 2.24) is 14.7 Å². The van der Waals surface area contributed by atoms with E-state index in [1.54, 1.807) is 12.1 Å². The van der Waals surface area contributed by atoms with Gasteiger partial charge in [-0.05, 0) is 42.0 Å². The zero-order valence-electron chi connectivity index (χ0n) is 18.4. The first-order chi connectivity index (χ1) is 15.8. The van der Waals surface area contributed by atoms with Gasteiger partial charge in [-0.1, -0.05) is 12.1 Å². The maximum Gasteiger partial charge on any atom is 0.416 e. The second-order valence-corrected chi connectivity index (χ2v) is 8.59. The third kappa shape index (κ3) is 6.23. The van der Waals surface area contributed by atoms with Crippen molar-refractivity contribution in [2.45, 2.75) is 12.7 Å². The number of rotatable bonds is 5. The maximum absolute atomic E-state index is 13.1. The topological polar surface area (TPSA) is 30.0 Å². The molecule has 0 saturated carbocycles. The Bertz CT molecular complexity index is 917. The molecule has 4 rings (SSSR count). The van der Waals surface area contributed by atoms with Gasteiger partial charge in [0.1, 0.15) is 5.82 Å². The minimum Gasteiger partial charge on any atom is -0.368 e. The van der Waals surface area contributed by atoms with Gasteiger partial charge in [0.15, 0.2) is 0 Å². The molecule has 2 heterocycles. The van der Waals surface area contributed by atoms with Gasteiger partial charge in [-0.3, -0.25) is 14.6 Å². The highest BCUT2D eigenvalue weighted by atomic mass is 19.4. The Morgan fingerprint density at radius 3 is 1.91 bits per heavy atom. The van der Waals surface area contributed by atoms with Crippen LogP contribution in [0.25, 0.3) is 0 Å². The molecule has 2 aliphatic heterocycles. The number of piperazine rings is 2. The van der Waals surface area contributed by atoms with Crippen LogP contribution in [0.4, 0.5) is 23.2 Å². The molecule has 2 aromatic rings. The summed E-state index contributed by atoms with van der Waals surface area (Å²) in [6.07, 6.45) is -4.32. The van der Waals surface area contributed by atoms with E-state index in [1.165, 1.54) is 24.3 Å². The molecule has 0 aromatic heterocycles. The van der Waals surface area contributed by atoms with E-state index in [0.29, 0.717) is 26.2 Å². The van der Waals surface area contributed by atoms with Crippen LogP contribution in [0, 0.1) is 5.82 Å². The number of carbonyl (C=O) groups excluding carboxylic acids is 1. The smallest absolute Gasteiger partial charge is 0.368 e. The second-order valence-electron chi connectivity index (χ2n) is 8.59. The Morgan fingerprint density at radius 2 is 1.33 bits per heavy atom. The number of halogens is 4. The van der Waals surface area contributed by atoms with E-state index in [4.69, 9.17) is 0 Å². The fraction of sp³-hybridized carbons (Fsp3) is 0.458. The second kappa shape index (κ2) is 10.1. The normalized spacial score (nSPS) is 18.5. The molecule has 1 amide bonds. The lowest BCUT2D eigenvalue weighted by molar-refractivity contribution is -0.137. The van der Waals surface area contributed by atoms with Crippen LogP contribution in [0.2, 0.25) is 0 Å². The molecule has 0 bridgehead atoms. The third-order valence-electron chi connectivity index (χ3n) is 6.34. The average molecular weight is 465 g/mol. The van der Waals surface area contributed by atoms with Crippen LogP contribution in [-0.2, 0) is 17.5 Å². The number of nitrogens with zero attached hydrogens (tertiary/aromatic N) is 4. The SMILES string of the molecule is O=C(CN1CCN(Cc2ccc(C(F)(F)F)cc2)CC1)N1CCN(c2ccc(F)cc2)CC1. The molecular formula is C24H28F4N4O. The van der Waals surface area contributed by atoms with Crippen molar-refractivity contribution in [1.29, 1.82) is 0 Å². The number of benzene rings is 2. The van der Waals surface area contributed by atoms with Gasteiger partial charge in [0.25, 0.3) is 0 Å². The molecule has 0 aliphatic carbocycles. The molecule has 0 atom stereocenters. The first-order valence-corrected chi connectivity index (χ1v) is 11.2. The van der Waals surface area contributed by atoms with E-state index in [9.17, 15) is 22.4 Å². The van der Waals surface area contributed by atoms with Crippen LogP contribution in [-0.4, -0.2) is 79.5 Å². The molecule has 5 nitrogen and oxygen atoms in total. The van der Waals surface area contributed by atoms with E-state index < -0.39 is 11.7 Å². The highest BCUT2D eigenvalue weighted by molar-refractivity contribution is 5.78. The zero-order valence-corrected chi connectivity index (χ0v) is 18.4. The van der Waals surface area contributed by atoms with E-state index in [-0.39, 0.29) is 11.7 Å². The summed E-state index contributed by atoms with van der Waals surface area (Å²) in [5, 5.41) is 0. The summed E-state index contributed by atoms with van der Waals surface area (Å²) in [6, 6.07) is 11.7. The number of hydrogen-bond donors (Lipinski definition) is 0. The fourth-order valence-electron chi connectivity index (χ4n) is 4.32. The predicted molar refractivity (Wildman–Crippen MR) is 118 cm³/mol. The first-order valence-electron chi connectivity index (χ1n) is 11.2. The van der Waals surface area contributed by atoms with Gasteiger partial charge in [-0.15, -0.1) is 0 Å². The van der Waals surface area contributed by atoms with Crippen LogP contribution >= 0.6 is 0 Å². The molecule has 2 aliphatic rings. The predicted octanol–water partition coefficient (Wildman–Crippen LogP) is 3.31. The van der Waals surface area contributed by atoms with Gasteiger partial charge >= 0.3 is 6.18 Å². The van der Waals surface area contributed by atoms with Crippen LogP contribution in [0.1, 0.15) is 11.1 Å². The summed E-state index contributed by atoms with van der Waals surface area (Å²) in [5.41, 5.74) is 1.19. The van der Waals surface area contributed by atoms with Crippen molar-refractivity contribution >= 4 is 11.6 Å². The Hall–Kier alpha value is -2.65. The molecule has 0 unspecified atom stereocenters.